The minimum atomic E-state index is 0.703. The molecule has 0 spiro atoms. The number of fused-ring (bicyclic) bond motifs is 1. The topological polar surface area (TPSA) is 31.0 Å². The standard InChI is InChI=1S/C14H13ClN2O/c1-2-14-16-12-8-10(15)5-6-13(12)17(14)9-11-4-3-7-18-11/h3-8H,2,9H2,1H3. The lowest BCUT2D eigenvalue weighted by molar-refractivity contribution is 0.492. The number of imidazole rings is 1. The number of aryl methyl sites for hydroxylation is 1. The van der Waals surface area contributed by atoms with Gasteiger partial charge in [-0.1, -0.05) is 18.5 Å². The van der Waals surface area contributed by atoms with Gasteiger partial charge in [-0.2, -0.15) is 0 Å². The lowest BCUT2D eigenvalue weighted by Gasteiger charge is -2.05. The van der Waals surface area contributed by atoms with Crippen LogP contribution in [0.4, 0.5) is 0 Å². The maximum atomic E-state index is 6.00. The summed E-state index contributed by atoms with van der Waals surface area (Å²) in [5.41, 5.74) is 2.03. The van der Waals surface area contributed by atoms with Crippen LogP contribution in [0.25, 0.3) is 11.0 Å². The highest BCUT2D eigenvalue weighted by Crippen LogP contribution is 2.22. The second-order valence-corrected chi connectivity index (χ2v) is 4.62. The molecule has 3 aromatic rings. The Labute approximate surface area is 110 Å². The fraction of sp³-hybridized carbons (Fsp3) is 0.214. The Bertz CT molecular complexity index is 670. The van der Waals surface area contributed by atoms with Gasteiger partial charge in [0, 0.05) is 11.4 Å². The molecule has 3 rings (SSSR count). The molecule has 92 valence electrons. The third-order valence-corrected chi connectivity index (χ3v) is 3.23. The molecule has 0 radical (unpaired) electrons. The third-order valence-electron chi connectivity index (χ3n) is 3.00. The predicted octanol–water partition coefficient (Wildman–Crippen LogP) is 3.89. The molecule has 4 heteroatoms. The second-order valence-electron chi connectivity index (χ2n) is 4.18. The molecule has 0 unspecified atom stereocenters. The third kappa shape index (κ3) is 1.91. The van der Waals surface area contributed by atoms with Crippen LogP contribution < -0.4 is 0 Å². The van der Waals surface area contributed by atoms with E-state index < -0.39 is 0 Å². The average molecular weight is 261 g/mol. The number of nitrogens with zero attached hydrogens (tertiary/aromatic N) is 2. The van der Waals surface area contributed by atoms with Crippen LogP contribution in [-0.2, 0) is 13.0 Å². The van der Waals surface area contributed by atoms with Crippen molar-refractivity contribution in [3.05, 3.63) is 53.2 Å². The van der Waals surface area contributed by atoms with Crippen molar-refractivity contribution >= 4 is 22.6 Å². The van der Waals surface area contributed by atoms with E-state index in [2.05, 4.69) is 16.5 Å². The van der Waals surface area contributed by atoms with Crippen molar-refractivity contribution in [1.82, 2.24) is 9.55 Å². The van der Waals surface area contributed by atoms with Gasteiger partial charge in [0.05, 0.1) is 23.8 Å². The largest absolute Gasteiger partial charge is 0.467 e. The van der Waals surface area contributed by atoms with Crippen LogP contribution in [0.1, 0.15) is 18.5 Å². The lowest BCUT2D eigenvalue weighted by atomic mass is 10.3. The fourth-order valence-corrected chi connectivity index (χ4v) is 2.32. The smallest absolute Gasteiger partial charge is 0.123 e. The van der Waals surface area contributed by atoms with Crippen molar-refractivity contribution in [2.75, 3.05) is 0 Å². The zero-order chi connectivity index (χ0) is 12.5. The van der Waals surface area contributed by atoms with Gasteiger partial charge in [-0.15, -0.1) is 0 Å². The van der Waals surface area contributed by atoms with Crippen LogP contribution in [0.15, 0.2) is 41.0 Å². The molecule has 2 aromatic heterocycles. The maximum absolute atomic E-state index is 6.00. The fourth-order valence-electron chi connectivity index (χ4n) is 2.16. The van der Waals surface area contributed by atoms with E-state index in [0.717, 1.165) is 29.0 Å². The van der Waals surface area contributed by atoms with Gasteiger partial charge in [0.2, 0.25) is 0 Å². The molecular formula is C14H13ClN2O. The summed E-state index contributed by atoms with van der Waals surface area (Å²) in [6.07, 6.45) is 2.57. The Kier molecular flexibility index (Phi) is 2.84. The molecular weight excluding hydrogens is 248 g/mol. The lowest BCUT2D eigenvalue weighted by Crippen LogP contribution is -2.03. The highest BCUT2D eigenvalue weighted by molar-refractivity contribution is 6.31. The Balaban J connectivity index is 2.13. The van der Waals surface area contributed by atoms with Crippen molar-refractivity contribution in [3.8, 4) is 0 Å². The van der Waals surface area contributed by atoms with Gasteiger partial charge in [-0.3, -0.25) is 0 Å². The van der Waals surface area contributed by atoms with Gasteiger partial charge in [-0.25, -0.2) is 4.98 Å². The van der Waals surface area contributed by atoms with Gasteiger partial charge in [-0.05, 0) is 30.3 Å². The first-order valence-corrected chi connectivity index (χ1v) is 6.33. The van der Waals surface area contributed by atoms with Crippen LogP contribution in [0.5, 0.6) is 0 Å². The van der Waals surface area contributed by atoms with Gasteiger partial charge in [0.25, 0.3) is 0 Å². The zero-order valence-electron chi connectivity index (χ0n) is 10.1. The Morgan fingerprint density at radius 2 is 2.22 bits per heavy atom. The number of aromatic nitrogens is 2. The Morgan fingerprint density at radius 1 is 1.33 bits per heavy atom. The molecule has 18 heavy (non-hydrogen) atoms. The quantitative estimate of drug-likeness (QED) is 0.715. The first-order valence-electron chi connectivity index (χ1n) is 5.95. The highest BCUT2D eigenvalue weighted by atomic mass is 35.5. The SMILES string of the molecule is CCc1nc2cc(Cl)ccc2n1Cc1ccco1. The van der Waals surface area contributed by atoms with E-state index in [9.17, 15) is 0 Å². The minimum Gasteiger partial charge on any atom is -0.467 e. The summed E-state index contributed by atoms with van der Waals surface area (Å²) in [7, 11) is 0. The van der Waals surface area contributed by atoms with E-state index >= 15 is 0 Å². The summed E-state index contributed by atoms with van der Waals surface area (Å²) in [5, 5.41) is 0.716. The number of hydrogen-bond donors (Lipinski definition) is 0. The molecule has 1 aromatic carbocycles. The first-order chi connectivity index (χ1) is 8.78. The normalized spacial score (nSPS) is 11.2. The Hall–Kier alpha value is -1.74. The molecule has 0 amide bonds. The van der Waals surface area contributed by atoms with Crippen LogP contribution >= 0.6 is 11.6 Å². The highest BCUT2D eigenvalue weighted by Gasteiger charge is 2.11. The van der Waals surface area contributed by atoms with Gasteiger partial charge in [0.15, 0.2) is 0 Å². The van der Waals surface area contributed by atoms with Crippen LogP contribution in [0.3, 0.4) is 0 Å². The van der Waals surface area contributed by atoms with E-state index in [1.807, 2.05) is 30.3 Å². The molecule has 0 atom stereocenters. The summed E-state index contributed by atoms with van der Waals surface area (Å²) >= 11 is 6.00. The van der Waals surface area contributed by atoms with E-state index in [1.165, 1.54) is 0 Å². The molecule has 0 bridgehead atoms. The summed E-state index contributed by atoms with van der Waals surface area (Å²) in [4.78, 5) is 4.61. The summed E-state index contributed by atoms with van der Waals surface area (Å²) in [6.45, 7) is 2.80. The second kappa shape index (κ2) is 4.50. The van der Waals surface area contributed by atoms with Gasteiger partial charge < -0.3 is 8.98 Å². The van der Waals surface area contributed by atoms with Gasteiger partial charge in [0.1, 0.15) is 11.6 Å². The number of hydrogen-bond acceptors (Lipinski definition) is 2. The van der Waals surface area contributed by atoms with Crippen molar-refractivity contribution in [3.63, 3.8) is 0 Å². The summed E-state index contributed by atoms with van der Waals surface area (Å²) < 4.78 is 7.58. The molecule has 0 saturated heterocycles. The molecule has 0 aliphatic rings. The molecule has 3 nitrogen and oxygen atoms in total. The molecule has 0 aliphatic heterocycles. The van der Waals surface area contributed by atoms with Gasteiger partial charge >= 0.3 is 0 Å². The zero-order valence-corrected chi connectivity index (χ0v) is 10.8. The molecule has 0 saturated carbocycles. The van der Waals surface area contributed by atoms with E-state index in [4.69, 9.17) is 16.0 Å². The van der Waals surface area contributed by atoms with Crippen molar-refractivity contribution in [2.24, 2.45) is 0 Å². The van der Waals surface area contributed by atoms with Crippen molar-refractivity contribution < 1.29 is 4.42 Å². The first kappa shape index (κ1) is 11.4. The average Bonchev–Trinajstić information content (AvgIpc) is 2.97. The Morgan fingerprint density at radius 3 is 2.94 bits per heavy atom. The molecule has 0 fully saturated rings. The van der Waals surface area contributed by atoms with E-state index in [1.54, 1.807) is 6.26 Å². The number of furan rings is 1. The van der Waals surface area contributed by atoms with E-state index in [0.29, 0.717) is 11.6 Å². The molecule has 0 aliphatic carbocycles. The van der Waals surface area contributed by atoms with Crippen LogP contribution in [0.2, 0.25) is 5.02 Å². The number of halogens is 1. The number of rotatable bonds is 3. The van der Waals surface area contributed by atoms with Crippen molar-refractivity contribution in [2.45, 2.75) is 19.9 Å². The minimum absolute atomic E-state index is 0.703. The van der Waals surface area contributed by atoms with E-state index in [-0.39, 0.29) is 0 Å². The predicted molar refractivity (Wildman–Crippen MR) is 71.9 cm³/mol. The van der Waals surface area contributed by atoms with Crippen molar-refractivity contribution in [1.29, 1.82) is 0 Å². The van der Waals surface area contributed by atoms with Crippen LogP contribution in [-0.4, -0.2) is 9.55 Å². The number of benzene rings is 1. The summed E-state index contributed by atoms with van der Waals surface area (Å²) in [5.74, 6) is 1.97. The molecule has 2 heterocycles. The summed E-state index contributed by atoms with van der Waals surface area (Å²) in [6, 6.07) is 9.67. The van der Waals surface area contributed by atoms with Crippen LogP contribution in [0, 0.1) is 0 Å². The maximum Gasteiger partial charge on any atom is 0.123 e. The molecule has 0 N–H and O–H groups in total. The monoisotopic (exact) mass is 260 g/mol.